The van der Waals surface area contributed by atoms with Gasteiger partial charge in [0.2, 0.25) is 0 Å². The summed E-state index contributed by atoms with van der Waals surface area (Å²) in [6.07, 6.45) is 4.49. The van der Waals surface area contributed by atoms with Crippen LogP contribution in [0.15, 0.2) is 12.5 Å². The molecule has 1 aromatic heterocycles. The molecule has 0 amide bonds. The van der Waals surface area contributed by atoms with E-state index in [-0.39, 0.29) is 0 Å². The minimum atomic E-state index is -0.881. The monoisotopic (exact) mass is 212 g/mol. The molecular formula is C9H16N4O2. The van der Waals surface area contributed by atoms with E-state index >= 15 is 0 Å². The van der Waals surface area contributed by atoms with Gasteiger partial charge in [-0.25, -0.2) is 10.4 Å². The molecule has 1 aromatic rings. The second-order valence-corrected chi connectivity index (χ2v) is 3.24. The van der Waals surface area contributed by atoms with E-state index in [9.17, 15) is 4.79 Å². The van der Waals surface area contributed by atoms with E-state index < -0.39 is 12.0 Å². The van der Waals surface area contributed by atoms with Crippen molar-refractivity contribution in [3.05, 3.63) is 18.2 Å². The number of imidazole rings is 1. The fourth-order valence-corrected chi connectivity index (χ4v) is 1.14. The molecule has 0 fully saturated rings. The molecule has 0 saturated heterocycles. The van der Waals surface area contributed by atoms with Crippen LogP contribution in [0.1, 0.15) is 19.0 Å². The maximum absolute atomic E-state index is 10.9. The van der Waals surface area contributed by atoms with Crippen molar-refractivity contribution in [3.8, 4) is 0 Å². The first kappa shape index (κ1) is 11.7. The lowest BCUT2D eigenvalue weighted by molar-refractivity contribution is -0.139. The van der Waals surface area contributed by atoms with Crippen LogP contribution in [0.3, 0.4) is 0 Å². The fourth-order valence-electron chi connectivity index (χ4n) is 1.14. The topological polar surface area (TPSA) is 90.0 Å². The first-order valence-corrected chi connectivity index (χ1v) is 4.92. The summed E-state index contributed by atoms with van der Waals surface area (Å²) in [5.41, 5.74) is 6.42. The van der Waals surface area contributed by atoms with E-state index in [4.69, 9.17) is 5.11 Å². The number of aliphatic carboxylic acids is 1. The second-order valence-electron chi connectivity index (χ2n) is 3.24. The predicted molar refractivity (Wildman–Crippen MR) is 55.1 cm³/mol. The summed E-state index contributed by atoms with van der Waals surface area (Å²) < 4.78 is 0. The van der Waals surface area contributed by atoms with E-state index in [2.05, 4.69) is 20.8 Å². The molecule has 1 atom stereocenters. The lowest BCUT2D eigenvalue weighted by Gasteiger charge is -2.13. The minimum absolute atomic E-state index is 0.381. The van der Waals surface area contributed by atoms with Crippen LogP contribution in [0.25, 0.3) is 0 Å². The molecule has 0 aliphatic heterocycles. The summed E-state index contributed by atoms with van der Waals surface area (Å²) in [5.74, 6) is -0.881. The number of carboxylic acids is 1. The van der Waals surface area contributed by atoms with Crippen molar-refractivity contribution in [1.82, 2.24) is 20.8 Å². The molecule has 0 aromatic carbocycles. The molecule has 6 heteroatoms. The van der Waals surface area contributed by atoms with Gasteiger partial charge in [-0.05, 0) is 6.42 Å². The highest BCUT2D eigenvalue weighted by Crippen LogP contribution is 1.97. The van der Waals surface area contributed by atoms with E-state index in [1.54, 1.807) is 6.20 Å². The first-order chi connectivity index (χ1) is 7.24. The number of aromatic amines is 1. The zero-order valence-electron chi connectivity index (χ0n) is 8.66. The Kier molecular flexibility index (Phi) is 4.79. The lowest BCUT2D eigenvalue weighted by atomic mass is 10.2. The maximum atomic E-state index is 10.9. The minimum Gasteiger partial charge on any atom is -0.480 e. The van der Waals surface area contributed by atoms with Gasteiger partial charge in [0.1, 0.15) is 6.04 Å². The summed E-state index contributed by atoms with van der Waals surface area (Å²) >= 11 is 0. The van der Waals surface area contributed by atoms with Crippen molar-refractivity contribution in [2.45, 2.75) is 25.8 Å². The maximum Gasteiger partial charge on any atom is 0.322 e. The number of carbonyl (C=O) groups is 1. The van der Waals surface area contributed by atoms with Gasteiger partial charge in [-0.1, -0.05) is 6.92 Å². The smallest absolute Gasteiger partial charge is 0.322 e. The molecule has 0 aliphatic carbocycles. The van der Waals surface area contributed by atoms with Gasteiger partial charge in [-0.2, -0.15) is 0 Å². The van der Waals surface area contributed by atoms with Gasteiger partial charge < -0.3 is 10.1 Å². The van der Waals surface area contributed by atoms with E-state index in [1.807, 2.05) is 6.92 Å². The third kappa shape index (κ3) is 4.09. The highest BCUT2D eigenvalue weighted by molar-refractivity contribution is 5.73. The number of hydrazine groups is 1. The normalized spacial score (nSPS) is 12.6. The fraction of sp³-hybridized carbons (Fsp3) is 0.556. The SMILES string of the molecule is CCCNN[C@@H](Cc1cnc[nH]1)C(=O)O. The molecule has 6 nitrogen and oxygen atoms in total. The van der Waals surface area contributed by atoms with Crippen LogP contribution in [0.4, 0.5) is 0 Å². The number of hydrogen-bond donors (Lipinski definition) is 4. The third-order valence-corrected chi connectivity index (χ3v) is 1.93. The van der Waals surface area contributed by atoms with Crippen LogP contribution in [0.2, 0.25) is 0 Å². The van der Waals surface area contributed by atoms with Gasteiger partial charge in [0.05, 0.1) is 6.33 Å². The van der Waals surface area contributed by atoms with E-state index in [0.717, 1.165) is 18.7 Å². The third-order valence-electron chi connectivity index (χ3n) is 1.93. The molecular weight excluding hydrogens is 196 g/mol. The average molecular weight is 212 g/mol. The second kappa shape index (κ2) is 6.15. The first-order valence-electron chi connectivity index (χ1n) is 4.92. The predicted octanol–water partition coefficient (Wildman–Crippen LogP) is -0.0904. The number of nitrogens with zero attached hydrogens (tertiary/aromatic N) is 1. The molecule has 1 rings (SSSR count). The summed E-state index contributed by atoms with van der Waals surface area (Å²) in [4.78, 5) is 17.6. The van der Waals surface area contributed by atoms with Gasteiger partial charge in [0, 0.05) is 24.9 Å². The summed E-state index contributed by atoms with van der Waals surface area (Å²) in [6.45, 7) is 2.76. The molecule has 0 saturated carbocycles. The van der Waals surface area contributed by atoms with Gasteiger partial charge in [0.25, 0.3) is 0 Å². The molecule has 4 N–H and O–H groups in total. The number of nitrogens with one attached hydrogen (secondary N) is 3. The molecule has 1 heterocycles. The Hall–Kier alpha value is -1.40. The summed E-state index contributed by atoms with van der Waals surface area (Å²) in [7, 11) is 0. The van der Waals surface area contributed by atoms with Gasteiger partial charge in [-0.15, -0.1) is 0 Å². The van der Waals surface area contributed by atoms with E-state index in [0.29, 0.717) is 6.42 Å². The van der Waals surface area contributed by atoms with Crippen molar-refractivity contribution in [1.29, 1.82) is 0 Å². The van der Waals surface area contributed by atoms with Crippen LogP contribution in [0.5, 0.6) is 0 Å². The molecule has 0 bridgehead atoms. The van der Waals surface area contributed by atoms with Crippen molar-refractivity contribution in [2.24, 2.45) is 0 Å². The molecule has 0 aliphatic rings. The quantitative estimate of drug-likeness (QED) is 0.374. The van der Waals surface area contributed by atoms with Crippen molar-refractivity contribution in [3.63, 3.8) is 0 Å². The van der Waals surface area contributed by atoms with Crippen molar-refractivity contribution >= 4 is 5.97 Å². The Morgan fingerprint density at radius 3 is 3.07 bits per heavy atom. The van der Waals surface area contributed by atoms with Gasteiger partial charge in [0.15, 0.2) is 0 Å². The summed E-state index contributed by atoms with van der Waals surface area (Å²) in [6, 6.07) is -0.642. The van der Waals surface area contributed by atoms with Crippen LogP contribution in [0, 0.1) is 0 Å². The Morgan fingerprint density at radius 1 is 1.73 bits per heavy atom. The van der Waals surface area contributed by atoms with Crippen LogP contribution >= 0.6 is 0 Å². The van der Waals surface area contributed by atoms with E-state index in [1.165, 1.54) is 6.33 Å². The van der Waals surface area contributed by atoms with Crippen LogP contribution in [-0.4, -0.2) is 33.6 Å². The summed E-state index contributed by atoms with van der Waals surface area (Å²) in [5, 5.41) is 8.93. The van der Waals surface area contributed by atoms with Crippen LogP contribution in [-0.2, 0) is 11.2 Å². The Morgan fingerprint density at radius 2 is 2.53 bits per heavy atom. The van der Waals surface area contributed by atoms with Gasteiger partial charge in [-0.3, -0.25) is 10.2 Å². The van der Waals surface area contributed by atoms with Crippen molar-refractivity contribution < 1.29 is 9.90 Å². The lowest BCUT2D eigenvalue weighted by Crippen LogP contribution is -2.47. The number of aromatic nitrogens is 2. The Labute approximate surface area is 88.1 Å². The van der Waals surface area contributed by atoms with Crippen LogP contribution < -0.4 is 10.9 Å². The standard InChI is InChI=1S/C9H16N4O2/c1-2-3-12-13-8(9(14)15)4-7-5-10-6-11-7/h5-6,8,12-13H,2-4H2,1H3,(H,10,11)(H,14,15)/t8-/m0/s1. The Bertz CT molecular complexity index is 286. The highest BCUT2D eigenvalue weighted by atomic mass is 16.4. The molecule has 0 radical (unpaired) electrons. The average Bonchev–Trinajstić information content (AvgIpc) is 2.69. The number of rotatable bonds is 7. The molecule has 15 heavy (non-hydrogen) atoms. The zero-order valence-corrected chi connectivity index (χ0v) is 8.66. The number of H-pyrrole nitrogens is 1. The Balaban J connectivity index is 2.40. The highest BCUT2D eigenvalue weighted by Gasteiger charge is 2.17. The van der Waals surface area contributed by atoms with Crippen molar-refractivity contribution in [2.75, 3.05) is 6.54 Å². The number of hydrogen-bond acceptors (Lipinski definition) is 4. The molecule has 84 valence electrons. The molecule has 0 unspecified atom stereocenters. The van der Waals surface area contributed by atoms with Gasteiger partial charge >= 0.3 is 5.97 Å². The largest absolute Gasteiger partial charge is 0.480 e. The zero-order chi connectivity index (χ0) is 11.1. The number of carboxylic acid groups (broad SMARTS) is 1. The molecule has 0 spiro atoms.